The predicted octanol–water partition coefficient (Wildman–Crippen LogP) is 3.05. The molecule has 4 rings (SSSR count). The van der Waals surface area contributed by atoms with Crippen LogP contribution in [0.5, 0.6) is 5.88 Å². The van der Waals surface area contributed by atoms with Gasteiger partial charge in [-0.25, -0.2) is 27.9 Å². The first-order valence-corrected chi connectivity index (χ1v) is 11.1. The van der Waals surface area contributed by atoms with Crippen molar-refractivity contribution in [3.05, 3.63) is 41.7 Å². The average molecular weight is 507 g/mol. The number of halogens is 3. The molecule has 4 heterocycles. The van der Waals surface area contributed by atoms with E-state index in [1.807, 2.05) is 0 Å². The summed E-state index contributed by atoms with van der Waals surface area (Å²) < 4.78 is 47.4. The molecule has 0 unspecified atom stereocenters. The molecule has 11 nitrogen and oxygen atoms in total. The van der Waals surface area contributed by atoms with Crippen LogP contribution in [0.4, 0.5) is 29.6 Å². The standard InChI is InChI=1S/C22H24F3N7O4/c1-3-36-20-15(19(33)28-13-6-16(23)18-27-12(2)9-31(18)10-13)8-26-21(29-20)30-4-5-32(22(34)35)14(11-30)7-17(24)25/h6,8-10,14,17H,3-5,7,11H2,1-2H3,(H,28,33)(H,34,35)/t14-/m0/s1. The van der Waals surface area contributed by atoms with E-state index >= 15 is 0 Å². The first-order chi connectivity index (χ1) is 17.2. The molecular formula is C22H24F3N7O4. The van der Waals surface area contributed by atoms with Gasteiger partial charge in [0, 0.05) is 50.7 Å². The Kier molecular flexibility index (Phi) is 7.12. The summed E-state index contributed by atoms with van der Waals surface area (Å²) in [7, 11) is 0. The first kappa shape index (κ1) is 25.0. The lowest BCUT2D eigenvalue weighted by Gasteiger charge is -2.39. The summed E-state index contributed by atoms with van der Waals surface area (Å²) in [4.78, 5) is 39.5. The lowest BCUT2D eigenvalue weighted by molar-refractivity contribution is 0.0699. The number of piperazine rings is 1. The van der Waals surface area contributed by atoms with Gasteiger partial charge in [0.2, 0.25) is 18.3 Å². The molecule has 36 heavy (non-hydrogen) atoms. The Hall–Kier alpha value is -4.10. The molecule has 3 aromatic heterocycles. The lowest BCUT2D eigenvalue weighted by Crippen LogP contribution is -2.56. The minimum atomic E-state index is -2.68. The van der Waals surface area contributed by atoms with Gasteiger partial charge in [-0.1, -0.05) is 0 Å². The molecule has 0 aliphatic carbocycles. The zero-order chi connectivity index (χ0) is 26.0. The number of fused-ring (bicyclic) bond motifs is 1. The maximum Gasteiger partial charge on any atom is 0.407 e. The molecule has 1 aliphatic rings. The van der Waals surface area contributed by atoms with E-state index in [2.05, 4.69) is 20.3 Å². The van der Waals surface area contributed by atoms with Crippen molar-refractivity contribution in [3.63, 3.8) is 0 Å². The number of rotatable bonds is 7. The van der Waals surface area contributed by atoms with Gasteiger partial charge >= 0.3 is 6.09 Å². The molecule has 0 saturated carbocycles. The second-order valence-corrected chi connectivity index (χ2v) is 8.17. The van der Waals surface area contributed by atoms with E-state index in [-0.39, 0.29) is 55.0 Å². The molecule has 2 amide bonds. The van der Waals surface area contributed by atoms with Gasteiger partial charge in [-0.15, -0.1) is 0 Å². The number of pyridine rings is 1. The summed E-state index contributed by atoms with van der Waals surface area (Å²) >= 11 is 0. The van der Waals surface area contributed by atoms with Gasteiger partial charge in [0.1, 0.15) is 5.56 Å². The quantitative estimate of drug-likeness (QED) is 0.500. The number of carbonyl (C=O) groups is 2. The van der Waals surface area contributed by atoms with Crippen molar-refractivity contribution in [2.75, 3.05) is 36.5 Å². The molecule has 2 N–H and O–H groups in total. The van der Waals surface area contributed by atoms with Gasteiger partial charge in [0.25, 0.3) is 5.91 Å². The number of imidazole rings is 1. The SMILES string of the molecule is CCOc1nc(N2CCN(C(=O)O)[C@@H](CC(F)F)C2)ncc1C(=O)Nc1cc(F)c2nc(C)cn2c1. The molecule has 1 saturated heterocycles. The van der Waals surface area contributed by atoms with E-state index in [4.69, 9.17) is 4.74 Å². The Labute approximate surface area is 203 Å². The number of nitrogens with zero attached hydrogens (tertiary/aromatic N) is 6. The number of aryl methyl sites for hydroxylation is 1. The molecule has 0 spiro atoms. The maximum atomic E-state index is 14.4. The molecule has 1 atom stereocenters. The van der Waals surface area contributed by atoms with Crippen LogP contribution < -0.4 is 15.0 Å². The molecule has 192 valence electrons. The van der Waals surface area contributed by atoms with Crippen LogP contribution in [0.25, 0.3) is 5.65 Å². The number of carboxylic acid groups (broad SMARTS) is 1. The third-order valence-electron chi connectivity index (χ3n) is 5.61. The number of anilines is 2. The van der Waals surface area contributed by atoms with Crippen molar-refractivity contribution in [3.8, 4) is 5.88 Å². The molecule has 0 aromatic carbocycles. The highest BCUT2D eigenvalue weighted by atomic mass is 19.3. The first-order valence-electron chi connectivity index (χ1n) is 11.1. The number of ether oxygens (including phenoxy) is 1. The summed E-state index contributed by atoms with van der Waals surface area (Å²) in [6.07, 6.45) is -0.231. The monoisotopic (exact) mass is 507 g/mol. The predicted molar refractivity (Wildman–Crippen MR) is 122 cm³/mol. The number of hydrogen-bond donors (Lipinski definition) is 2. The second-order valence-electron chi connectivity index (χ2n) is 8.17. The van der Waals surface area contributed by atoms with Crippen molar-refractivity contribution >= 4 is 29.3 Å². The zero-order valence-corrected chi connectivity index (χ0v) is 19.5. The topological polar surface area (TPSA) is 125 Å². The zero-order valence-electron chi connectivity index (χ0n) is 19.5. The van der Waals surface area contributed by atoms with Crippen molar-refractivity contribution in [1.82, 2.24) is 24.3 Å². The fraction of sp³-hybridized carbons (Fsp3) is 0.409. The highest BCUT2D eigenvalue weighted by Crippen LogP contribution is 2.25. The molecule has 14 heteroatoms. The highest BCUT2D eigenvalue weighted by molar-refractivity contribution is 6.05. The minimum absolute atomic E-state index is 0.00987. The Morgan fingerprint density at radius 2 is 2.06 bits per heavy atom. The largest absolute Gasteiger partial charge is 0.477 e. The molecule has 0 bridgehead atoms. The van der Waals surface area contributed by atoms with Gasteiger partial charge in [-0.3, -0.25) is 4.79 Å². The fourth-order valence-corrected chi connectivity index (χ4v) is 4.05. The van der Waals surface area contributed by atoms with E-state index in [0.717, 1.165) is 11.0 Å². The van der Waals surface area contributed by atoms with Crippen LogP contribution in [0.3, 0.4) is 0 Å². The van der Waals surface area contributed by atoms with Crippen LogP contribution in [-0.4, -0.2) is 80.1 Å². The van der Waals surface area contributed by atoms with Gasteiger partial charge in [0.15, 0.2) is 11.5 Å². The summed E-state index contributed by atoms with van der Waals surface area (Å²) in [5.74, 6) is -1.20. The normalized spacial score (nSPS) is 16.0. The van der Waals surface area contributed by atoms with Crippen molar-refractivity contribution in [1.29, 1.82) is 0 Å². The van der Waals surface area contributed by atoms with Gasteiger partial charge in [0.05, 0.1) is 24.0 Å². The van der Waals surface area contributed by atoms with E-state index in [1.165, 1.54) is 16.8 Å². The van der Waals surface area contributed by atoms with Crippen LogP contribution in [-0.2, 0) is 0 Å². The van der Waals surface area contributed by atoms with E-state index in [1.54, 1.807) is 24.9 Å². The van der Waals surface area contributed by atoms with Crippen molar-refractivity contribution in [2.24, 2.45) is 0 Å². The van der Waals surface area contributed by atoms with Crippen LogP contribution in [0.2, 0.25) is 0 Å². The number of nitrogens with one attached hydrogen (secondary N) is 1. The van der Waals surface area contributed by atoms with Crippen molar-refractivity contribution < 1.29 is 32.6 Å². The number of carbonyl (C=O) groups excluding carboxylic acids is 1. The molecule has 1 aliphatic heterocycles. The van der Waals surface area contributed by atoms with Crippen LogP contribution in [0.15, 0.2) is 24.7 Å². The van der Waals surface area contributed by atoms with Crippen molar-refractivity contribution in [2.45, 2.75) is 32.7 Å². The van der Waals surface area contributed by atoms with Gasteiger partial charge in [-0.05, 0) is 13.8 Å². The van der Waals surface area contributed by atoms with Crippen LogP contribution >= 0.6 is 0 Å². The summed E-state index contributed by atoms with van der Waals surface area (Å²) in [5.41, 5.74) is 0.895. The maximum absolute atomic E-state index is 14.4. The molecule has 0 radical (unpaired) electrons. The third-order valence-corrected chi connectivity index (χ3v) is 5.61. The van der Waals surface area contributed by atoms with E-state index < -0.39 is 36.7 Å². The second kappa shape index (κ2) is 10.3. The minimum Gasteiger partial charge on any atom is -0.477 e. The Balaban J connectivity index is 1.56. The average Bonchev–Trinajstić information content (AvgIpc) is 3.19. The van der Waals surface area contributed by atoms with Crippen LogP contribution in [0, 0.1) is 12.7 Å². The molecular weight excluding hydrogens is 483 g/mol. The summed E-state index contributed by atoms with van der Waals surface area (Å²) in [6, 6.07) is 0.190. The van der Waals surface area contributed by atoms with E-state index in [9.17, 15) is 27.9 Å². The van der Waals surface area contributed by atoms with Crippen LogP contribution in [0.1, 0.15) is 29.4 Å². The lowest BCUT2D eigenvalue weighted by atomic mass is 10.1. The highest BCUT2D eigenvalue weighted by Gasteiger charge is 2.33. The summed E-state index contributed by atoms with van der Waals surface area (Å²) in [5, 5.41) is 11.9. The molecule has 1 fully saturated rings. The van der Waals surface area contributed by atoms with Gasteiger partial charge in [-0.2, -0.15) is 4.98 Å². The number of amides is 2. The number of alkyl halides is 2. The summed E-state index contributed by atoms with van der Waals surface area (Å²) in [6.45, 7) is 3.70. The Morgan fingerprint density at radius 3 is 2.75 bits per heavy atom. The van der Waals surface area contributed by atoms with Gasteiger partial charge < -0.3 is 29.4 Å². The fourth-order valence-electron chi connectivity index (χ4n) is 4.05. The third kappa shape index (κ3) is 5.26. The Morgan fingerprint density at radius 1 is 1.28 bits per heavy atom. The smallest absolute Gasteiger partial charge is 0.407 e. The Bertz CT molecular complexity index is 1290. The molecule has 3 aromatic rings. The number of hydrogen-bond acceptors (Lipinski definition) is 7. The number of aromatic nitrogens is 4. The van der Waals surface area contributed by atoms with E-state index in [0.29, 0.717) is 5.69 Å².